The van der Waals surface area contributed by atoms with E-state index in [1.807, 2.05) is 13.8 Å². The van der Waals surface area contributed by atoms with E-state index >= 15 is 0 Å². The van der Waals surface area contributed by atoms with E-state index in [1.165, 1.54) is 19.3 Å². The second-order valence-corrected chi connectivity index (χ2v) is 4.10. The summed E-state index contributed by atoms with van der Waals surface area (Å²) in [5.74, 6) is 0.768. The zero-order valence-electron chi connectivity index (χ0n) is 9.61. The molecule has 0 saturated carbocycles. The van der Waals surface area contributed by atoms with Crippen LogP contribution >= 0.6 is 0 Å². The normalized spacial score (nSPS) is 19.8. The first-order valence-corrected chi connectivity index (χ1v) is 5.52. The molecule has 0 atom stereocenters. The minimum absolute atomic E-state index is 0.155. The fraction of sp³-hybridized carbons (Fsp3) is 0.800. The fourth-order valence-electron chi connectivity index (χ4n) is 1.60. The number of nitrogens with zero attached hydrogens (tertiary/aromatic N) is 3. The molecule has 1 heterocycles. The number of likely N-dealkylation sites (tertiary alicyclic amines) is 1. The van der Waals surface area contributed by atoms with E-state index in [9.17, 15) is 0 Å². The van der Waals surface area contributed by atoms with Gasteiger partial charge in [0.25, 0.3) is 0 Å². The third-order valence-corrected chi connectivity index (χ3v) is 2.30. The second-order valence-electron chi connectivity index (χ2n) is 4.10. The first-order valence-electron chi connectivity index (χ1n) is 5.52. The Morgan fingerprint density at radius 3 is 2.27 bits per heavy atom. The van der Waals surface area contributed by atoms with Gasteiger partial charge in [-0.3, -0.25) is 0 Å². The number of piperidine rings is 1. The summed E-state index contributed by atoms with van der Waals surface area (Å²) < 4.78 is 0. The van der Waals surface area contributed by atoms with Crippen LogP contribution in [0.2, 0.25) is 0 Å². The molecule has 1 fully saturated rings. The molecular weight excluding hydrogens is 190 g/mol. The molecule has 1 aliphatic heterocycles. The van der Waals surface area contributed by atoms with Crippen LogP contribution in [0, 0.1) is 0 Å². The highest BCUT2D eigenvalue weighted by Gasteiger charge is 2.12. The topological polar surface area (TPSA) is 80.0 Å². The summed E-state index contributed by atoms with van der Waals surface area (Å²) in [6.07, 6.45) is 3.63. The molecule has 86 valence electrons. The van der Waals surface area contributed by atoms with E-state index in [2.05, 4.69) is 14.9 Å². The SMILES string of the molecule is CC(C)N=C(N)/N=C(\N)N1CCCCC1. The number of nitrogens with two attached hydrogens (primary N) is 2. The first kappa shape index (κ1) is 11.8. The average Bonchev–Trinajstić information content (AvgIpc) is 2.17. The smallest absolute Gasteiger partial charge is 0.218 e. The molecule has 0 unspecified atom stereocenters. The van der Waals surface area contributed by atoms with E-state index < -0.39 is 0 Å². The lowest BCUT2D eigenvalue weighted by Gasteiger charge is -2.27. The van der Waals surface area contributed by atoms with Gasteiger partial charge < -0.3 is 16.4 Å². The third-order valence-electron chi connectivity index (χ3n) is 2.30. The van der Waals surface area contributed by atoms with Crippen LogP contribution in [0.5, 0.6) is 0 Å². The molecule has 0 aromatic rings. The van der Waals surface area contributed by atoms with Crippen molar-refractivity contribution in [2.24, 2.45) is 21.5 Å². The quantitative estimate of drug-likeness (QED) is 0.490. The Hall–Kier alpha value is -1.26. The summed E-state index contributed by atoms with van der Waals surface area (Å²) in [7, 11) is 0. The van der Waals surface area contributed by atoms with Gasteiger partial charge in [0.15, 0.2) is 5.96 Å². The average molecular weight is 211 g/mol. The van der Waals surface area contributed by atoms with Gasteiger partial charge >= 0.3 is 0 Å². The summed E-state index contributed by atoms with van der Waals surface area (Å²) in [5.41, 5.74) is 11.5. The van der Waals surface area contributed by atoms with Crippen molar-refractivity contribution in [1.29, 1.82) is 0 Å². The Kier molecular flexibility index (Phi) is 4.39. The van der Waals surface area contributed by atoms with Crippen molar-refractivity contribution in [3.05, 3.63) is 0 Å². The van der Waals surface area contributed by atoms with Crippen molar-refractivity contribution < 1.29 is 0 Å². The van der Waals surface area contributed by atoms with Crippen LogP contribution in [0.3, 0.4) is 0 Å². The molecule has 5 heteroatoms. The van der Waals surface area contributed by atoms with Crippen molar-refractivity contribution in [3.63, 3.8) is 0 Å². The minimum Gasteiger partial charge on any atom is -0.369 e. The predicted octanol–water partition coefficient (Wildman–Crippen LogP) is 0.510. The lowest BCUT2D eigenvalue weighted by molar-refractivity contribution is 0.339. The molecule has 1 saturated heterocycles. The molecule has 4 N–H and O–H groups in total. The Bertz CT molecular complexity index is 251. The number of hydrogen-bond donors (Lipinski definition) is 2. The lowest BCUT2D eigenvalue weighted by Crippen LogP contribution is -2.41. The van der Waals surface area contributed by atoms with E-state index in [0.717, 1.165) is 13.1 Å². The lowest BCUT2D eigenvalue weighted by atomic mass is 10.1. The zero-order valence-corrected chi connectivity index (χ0v) is 9.61. The van der Waals surface area contributed by atoms with Crippen molar-refractivity contribution in [1.82, 2.24) is 4.90 Å². The first-order chi connectivity index (χ1) is 7.09. The molecular formula is C10H21N5. The number of aliphatic imine (C=N–C) groups is 2. The zero-order chi connectivity index (χ0) is 11.3. The van der Waals surface area contributed by atoms with Gasteiger partial charge in [0.2, 0.25) is 5.96 Å². The molecule has 0 aliphatic carbocycles. The van der Waals surface area contributed by atoms with Crippen LogP contribution in [0.25, 0.3) is 0 Å². The highest BCUT2D eigenvalue weighted by Crippen LogP contribution is 2.07. The Labute approximate surface area is 91.2 Å². The largest absolute Gasteiger partial charge is 0.369 e. The molecule has 0 bridgehead atoms. The van der Waals surface area contributed by atoms with Gasteiger partial charge in [-0.05, 0) is 33.1 Å². The van der Waals surface area contributed by atoms with E-state index in [0.29, 0.717) is 5.96 Å². The maximum atomic E-state index is 5.84. The summed E-state index contributed by atoms with van der Waals surface area (Å²) in [5, 5.41) is 0. The Morgan fingerprint density at radius 2 is 1.73 bits per heavy atom. The van der Waals surface area contributed by atoms with E-state index in [1.54, 1.807) is 0 Å². The van der Waals surface area contributed by atoms with Crippen molar-refractivity contribution >= 4 is 11.9 Å². The van der Waals surface area contributed by atoms with Gasteiger partial charge in [-0.1, -0.05) is 0 Å². The molecule has 0 spiro atoms. The Balaban J connectivity index is 2.57. The predicted molar refractivity (Wildman–Crippen MR) is 63.8 cm³/mol. The van der Waals surface area contributed by atoms with Crippen LogP contribution in [0.15, 0.2) is 9.98 Å². The van der Waals surface area contributed by atoms with Gasteiger partial charge in [-0.2, -0.15) is 4.99 Å². The molecule has 1 rings (SSSR count). The van der Waals surface area contributed by atoms with Crippen molar-refractivity contribution in [2.45, 2.75) is 39.2 Å². The van der Waals surface area contributed by atoms with Crippen LogP contribution < -0.4 is 11.5 Å². The standard InChI is InChI=1S/C10H21N5/c1-8(2)13-9(11)14-10(12)15-6-4-3-5-7-15/h8H,3-7H2,1-2H3,(H4,11,12,13,14). The third kappa shape index (κ3) is 4.18. The van der Waals surface area contributed by atoms with Crippen molar-refractivity contribution in [3.8, 4) is 0 Å². The summed E-state index contributed by atoms with van der Waals surface area (Å²) >= 11 is 0. The maximum absolute atomic E-state index is 5.84. The number of rotatable bonds is 1. The minimum atomic E-state index is 0.155. The molecule has 1 aliphatic rings. The molecule has 5 nitrogen and oxygen atoms in total. The summed E-state index contributed by atoms with van der Waals surface area (Å²) in [6, 6.07) is 0.155. The molecule has 15 heavy (non-hydrogen) atoms. The van der Waals surface area contributed by atoms with E-state index in [-0.39, 0.29) is 12.0 Å². The Morgan fingerprint density at radius 1 is 1.13 bits per heavy atom. The number of hydrogen-bond acceptors (Lipinski definition) is 1. The number of guanidine groups is 2. The second kappa shape index (κ2) is 5.58. The molecule has 0 amide bonds. The van der Waals surface area contributed by atoms with E-state index in [4.69, 9.17) is 11.5 Å². The highest BCUT2D eigenvalue weighted by atomic mass is 15.3. The van der Waals surface area contributed by atoms with Gasteiger partial charge in [-0.15, -0.1) is 0 Å². The highest BCUT2D eigenvalue weighted by molar-refractivity contribution is 5.93. The van der Waals surface area contributed by atoms with Gasteiger partial charge in [0.05, 0.1) is 0 Å². The van der Waals surface area contributed by atoms with Gasteiger partial charge in [0, 0.05) is 19.1 Å². The summed E-state index contributed by atoms with van der Waals surface area (Å²) in [6.45, 7) is 5.87. The monoisotopic (exact) mass is 211 g/mol. The maximum Gasteiger partial charge on any atom is 0.218 e. The van der Waals surface area contributed by atoms with Crippen LogP contribution in [-0.2, 0) is 0 Å². The molecule has 0 radical (unpaired) electrons. The van der Waals surface area contributed by atoms with Crippen LogP contribution in [-0.4, -0.2) is 36.0 Å². The molecule has 0 aromatic heterocycles. The van der Waals surface area contributed by atoms with Crippen LogP contribution in [0.4, 0.5) is 0 Å². The van der Waals surface area contributed by atoms with Crippen LogP contribution in [0.1, 0.15) is 33.1 Å². The van der Waals surface area contributed by atoms with Gasteiger partial charge in [0.1, 0.15) is 0 Å². The fourth-order valence-corrected chi connectivity index (χ4v) is 1.60. The molecule has 0 aromatic carbocycles. The van der Waals surface area contributed by atoms with Crippen molar-refractivity contribution in [2.75, 3.05) is 13.1 Å². The van der Waals surface area contributed by atoms with Gasteiger partial charge in [-0.25, -0.2) is 4.99 Å². The summed E-state index contributed by atoms with van der Waals surface area (Å²) in [4.78, 5) is 10.3.